The van der Waals surface area contributed by atoms with Gasteiger partial charge in [0, 0.05) is 14.1 Å². The number of rotatable bonds is 3. The second kappa shape index (κ2) is 4.87. The molecule has 1 amide bonds. The first-order valence-corrected chi connectivity index (χ1v) is 6.89. The third-order valence-corrected chi connectivity index (χ3v) is 4.25. The minimum atomic E-state index is -3.53. The minimum absolute atomic E-state index is 0.204. The Morgan fingerprint density at radius 3 is 2.24 bits per heavy atom. The summed E-state index contributed by atoms with van der Waals surface area (Å²) in [5.41, 5.74) is 1.94. The summed E-state index contributed by atoms with van der Waals surface area (Å²) in [6, 6.07) is 4.90. The molecule has 0 heterocycles. The van der Waals surface area contributed by atoms with E-state index >= 15 is 0 Å². The number of benzene rings is 1. The van der Waals surface area contributed by atoms with Gasteiger partial charge in [-0.05, 0) is 37.1 Å². The molecule has 0 aliphatic heterocycles. The maximum Gasteiger partial charge on any atom is 0.237 e. The molecule has 0 unspecified atom stereocenters. The lowest BCUT2D eigenvalue weighted by atomic mass is 10.1. The van der Waals surface area contributed by atoms with Crippen LogP contribution < -0.4 is 0 Å². The van der Waals surface area contributed by atoms with Gasteiger partial charge in [0.05, 0.1) is 4.90 Å². The highest BCUT2D eigenvalue weighted by Crippen LogP contribution is 2.16. The zero-order valence-corrected chi connectivity index (χ0v) is 11.3. The lowest BCUT2D eigenvalue weighted by molar-refractivity contribution is -0.125. The predicted octanol–water partition coefficient (Wildman–Crippen LogP) is 1.17. The summed E-state index contributed by atoms with van der Waals surface area (Å²) < 4.78 is 23.9. The number of carbonyl (C=O) groups is 1. The average Bonchev–Trinajstić information content (AvgIpc) is 2.21. The highest BCUT2D eigenvalue weighted by atomic mass is 32.2. The van der Waals surface area contributed by atoms with Crippen molar-refractivity contribution in [2.75, 3.05) is 19.8 Å². The molecule has 4 nitrogen and oxygen atoms in total. The van der Waals surface area contributed by atoms with Gasteiger partial charge in [-0.3, -0.25) is 4.79 Å². The summed E-state index contributed by atoms with van der Waals surface area (Å²) in [5.74, 6) is -0.897. The number of aryl methyl sites for hydroxylation is 2. The number of sulfone groups is 1. The van der Waals surface area contributed by atoms with Crippen LogP contribution in [0.5, 0.6) is 0 Å². The molecule has 0 aliphatic rings. The third-order valence-electron chi connectivity index (χ3n) is 2.65. The number of nitrogens with zero attached hydrogens (tertiary/aromatic N) is 1. The van der Waals surface area contributed by atoms with Crippen molar-refractivity contribution in [1.29, 1.82) is 0 Å². The molecule has 5 heteroatoms. The van der Waals surface area contributed by atoms with Crippen LogP contribution in [0.2, 0.25) is 0 Å². The van der Waals surface area contributed by atoms with Gasteiger partial charge >= 0.3 is 0 Å². The maximum atomic E-state index is 12.0. The van der Waals surface area contributed by atoms with Crippen molar-refractivity contribution in [3.63, 3.8) is 0 Å². The molecule has 0 radical (unpaired) electrons. The number of amides is 1. The van der Waals surface area contributed by atoms with Gasteiger partial charge in [0.1, 0.15) is 5.75 Å². The molecule has 17 heavy (non-hydrogen) atoms. The summed E-state index contributed by atoms with van der Waals surface area (Å²) in [5, 5.41) is 0. The molecule has 0 N–H and O–H groups in total. The van der Waals surface area contributed by atoms with Crippen LogP contribution >= 0.6 is 0 Å². The van der Waals surface area contributed by atoms with E-state index in [-0.39, 0.29) is 4.90 Å². The number of hydrogen-bond acceptors (Lipinski definition) is 3. The molecule has 94 valence electrons. The van der Waals surface area contributed by atoms with Gasteiger partial charge in [-0.2, -0.15) is 0 Å². The average molecular weight is 255 g/mol. The molecule has 1 aromatic rings. The molecule has 0 bridgehead atoms. The van der Waals surface area contributed by atoms with Crippen molar-refractivity contribution in [3.8, 4) is 0 Å². The molecule has 0 saturated heterocycles. The van der Waals surface area contributed by atoms with Crippen molar-refractivity contribution in [2.45, 2.75) is 18.7 Å². The third kappa shape index (κ3) is 3.30. The first kappa shape index (κ1) is 13.7. The second-order valence-corrected chi connectivity index (χ2v) is 6.28. The Morgan fingerprint density at radius 1 is 1.18 bits per heavy atom. The molecule has 1 rings (SSSR count). The first-order valence-electron chi connectivity index (χ1n) is 5.24. The molecule has 0 aliphatic carbocycles. The number of carbonyl (C=O) groups excluding carboxylic acids is 1. The van der Waals surface area contributed by atoms with Gasteiger partial charge in [-0.15, -0.1) is 0 Å². The van der Waals surface area contributed by atoms with E-state index in [1.54, 1.807) is 18.2 Å². The second-order valence-electron chi connectivity index (χ2n) is 4.29. The Balaban J connectivity index is 3.06. The largest absolute Gasteiger partial charge is 0.348 e. The van der Waals surface area contributed by atoms with Crippen LogP contribution in [0.3, 0.4) is 0 Å². The van der Waals surface area contributed by atoms with E-state index in [1.807, 2.05) is 13.8 Å². The van der Waals surface area contributed by atoms with Gasteiger partial charge < -0.3 is 4.90 Å². The van der Waals surface area contributed by atoms with Crippen molar-refractivity contribution in [1.82, 2.24) is 4.90 Å². The van der Waals surface area contributed by atoms with Crippen LogP contribution in [0.1, 0.15) is 11.1 Å². The van der Waals surface area contributed by atoms with Gasteiger partial charge in [0.15, 0.2) is 9.84 Å². The Morgan fingerprint density at radius 2 is 1.76 bits per heavy atom. The van der Waals surface area contributed by atoms with Gasteiger partial charge in [-0.25, -0.2) is 8.42 Å². The minimum Gasteiger partial charge on any atom is -0.348 e. The SMILES string of the molecule is Cc1ccc(S(=O)(=O)CC(=O)N(C)C)cc1C. The van der Waals surface area contributed by atoms with Gasteiger partial charge in [0.2, 0.25) is 5.91 Å². The molecule has 0 atom stereocenters. The Bertz CT molecular complexity index is 533. The molecule has 0 spiro atoms. The Labute approximate surface area is 102 Å². The zero-order chi connectivity index (χ0) is 13.2. The summed E-state index contributed by atoms with van der Waals surface area (Å²) in [7, 11) is -0.455. The summed E-state index contributed by atoms with van der Waals surface area (Å²) in [4.78, 5) is 12.9. The highest BCUT2D eigenvalue weighted by Gasteiger charge is 2.20. The van der Waals surface area contributed by atoms with Crippen molar-refractivity contribution in [2.24, 2.45) is 0 Å². The van der Waals surface area contributed by atoms with E-state index in [4.69, 9.17) is 0 Å². The standard InChI is InChI=1S/C12H17NO3S/c1-9-5-6-11(7-10(9)2)17(15,16)8-12(14)13(3)4/h5-7H,8H2,1-4H3. The molecular formula is C12H17NO3S. The quantitative estimate of drug-likeness (QED) is 0.814. The molecule has 0 saturated carbocycles. The first-order chi connectivity index (χ1) is 7.74. The van der Waals surface area contributed by atoms with Crippen molar-refractivity contribution in [3.05, 3.63) is 29.3 Å². The lowest BCUT2D eigenvalue weighted by Gasteiger charge is -2.11. The van der Waals surface area contributed by atoms with Crippen LogP contribution in [0.4, 0.5) is 0 Å². The molecule has 1 aromatic carbocycles. The summed E-state index contributed by atoms with van der Waals surface area (Å²) >= 11 is 0. The molecular weight excluding hydrogens is 238 g/mol. The van der Waals surface area contributed by atoms with Crippen LogP contribution in [0.25, 0.3) is 0 Å². The molecule has 0 aromatic heterocycles. The lowest BCUT2D eigenvalue weighted by Crippen LogP contribution is -2.29. The topological polar surface area (TPSA) is 54.5 Å². The fourth-order valence-corrected chi connectivity index (χ4v) is 2.66. The van der Waals surface area contributed by atoms with Gasteiger partial charge in [0.25, 0.3) is 0 Å². The van der Waals surface area contributed by atoms with Crippen molar-refractivity contribution < 1.29 is 13.2 Å². The number of hydrogen-bond donors (Lipinski definition) is 0. The Kier molecular flexibility index (Phi) is 3.93. The van der Waals surface area contributed by atoms with E-state index in [2.05, 4.69) is 0 Å². The zero-order valence-electron chi connectivity index (χ0n) is 10.5. The monoisotopic (exact) mass is 255 g/mol. The highest BCUT2D eigenvalue weighted by molar-refractivity contribution is 7.92. The van der Waals surface area contributed by atoms with E-state index < -0.39 is 21.5 Å². The van der Waals surface area contributed by atoms with Crippen LogP contribution in [-0.4, -0.2) is 39.1 Å². The van der Waals surface area contributed by atoms with Crippen molar-refractivity contribution >= 4 is 15.7 Å². The van der Waals surface area contributed by atoms with Crippen LogP contribution in [0, 0.1) is 13.8 Å². The summed E-state index contributed by atoms with van der Waals surface area (Å²) in [6.45, 7) is 3.76. The Hall–Kier alpha value is -1.36. The fraction of sp³-hybridized carbons (Fsp3) is 0.417. The maximum absolute atomic E-state index is 12.0. The molecule has 0 fully saturated rings. The van der Waals surface area contributed by atoms with E-state index in [0.717, 1.165) is 11.1 Å². The summed E-state index contributed by atoms with van der Waals surface area (Å²) in [6.07, 6.45) is 0. The van der Waals surface area contributed by atoms with Crippen LogP contribution in [0.15, 0.2) is 23.1 Å². The smallest absolute Gasteiger partial charge is 0.237 e. The fourth-order valence-electron chi connectivity index (χ4n) is 1.28. The van der Waals surface area contributed by atoms with E-state index in [0.29, 0.717) is 0 Å². The van der Waals surface area contributed by atoms with Crippen LogP contribution in [-0.2, 0) is 14.6 Å². The normalized spacial score (nSPS) is 11.3. The predicted molar refractivity (Wildman–Crippen MR) is 66.7 cm³/mol. The van der Waals surface area contributed by atoms with E-state index in [9.17, 15) is 13.2 Å². The van der Waals surface area contributed by atoms with E-state index in [1.165, 1.54) is 19.0 Å². The van der Waals surface area contributed by atoms with Gasteiger partial charge in [-0.1, -0.05) is 6.07 Å².